The molecule has 0 atom stereocenters. The van der Waals surface area contributed by atoms with E-state index in [1.807, 2.05) is 24.3 Å². The van der Waals surface area contributed by atoms with Crippen LogP contribution in [0.15, 0.2) is 54.6 Å². The van der Waals surface area contributed by atoms with Crippen LogP contribution in [0.4, 0.5) is 10.8 Å². The van der Waals surface area contributed by atoms with Gasteiger partial charge in [0.1, 0.15) is 10.8 Å². The lowest BCUT2D eigenvalue weighted by Crippen LogP contribution is -2.07. The van der Waals surface area contributed by atoms with E-state index in [0.29, 0.717) is 17.1 Å². The van der Waals surface area contributed by atoms with E-state index >= 15 is 0 Å². The zero-order valence-electron chi connectivity index (χ0n) is 14.9. The lowest BCUT2D eigenvalue weighted by molar-refractivity contribution is -0.385. The van der Waals surface area contributed by atoms with Gasteiger partial charge in [0, 0.05) is 18.6 Å². The zero-order valence-corrected chi connectivity index (χ0v) is 15.7. The SMILES string of the molecule is COc1ccc(Cc2nnc(NC(=O)/C=C/c3ccccc3[N+](=O)[O-])s2)cc1. The molecule has 1 aromatic heterocycles. The fourth-order valence-corrected chi connectivity index (χ4v) is 3.18. The van der Waals surface area contributed by atoms with Crippen LogP contribution in [0.25, 0.3) is 6.08 Å². The molecule has 1 amide bonds. The molecule has 0 aliphatic rings. The number of nitro benzene ring substituents is 1. The van der Waals surface area contributed by atoms with Gasteiger partial charge < -0.3 is 4.74 Å². The molecular formula is C19H16N4O4S. The average molecular weight is 396 g/mol. The highest BCUT2D eigenvalue weighted by molar-refractivity contribution is 7.15. The summed E-state index contributed by atoms with van der Waals surface area (Å²) < 4.78 is 5.13. The van der Waals surface area contributed by atoms with E-state index in [4.69, 9.17) is 4.74 Å². The van der Waals surface area contributed by atoms with Crippen LogP contribution in [0.1, 0.15) is 16.1 Å². The van der Waals surface area contributed by atoms with Crippen molar-refractivity contribution in [2.45, 2.75) is 6.42 Å². The number of anilines is 1. The quantitative estimate of drug-likeness (QED) is 0.371. The second-order valence-corrected chi connectivity index (χ2v) is 6.73. The number of carbonyl (C=O) groups excluding carboxylic acids is 1. The van der Waals surface area contributed by atoms with Crippen LogP contribution < -0.4 is 10.1 Å². The van der Waals surface area contributed by atoms with E-state index in [9.17, 15) is 14.9 Å². The number of methoxy groups -OCH3 is 1. The third kappa shape index (κ3) is 4.98. The molecular weight excluding hydrogens is 380 g/mol. The molecule has 0 saturated carbocycles. The number of amides is 1. The maximum Gasteiger partial charge on any atom is 0.276 e. The second kappa shape index (κ2) is 8.87. The number of rotatable bonds is 7. The first-order chi connectivity index (χ1) is 13.5. The third-order valence-electron chi connectivity index (χ3n) is 3.76. The van der Waals surface area contributed by atoms with Crippen molar-refractivity contribution in [2.75, 3.05) is 12.4 Å². The minimum atomic E-state index is -0.492. The van der Waals surface area contributed by atoms with Gasteiger partial charge in [0.05, 0.1) is 17.6 Å². The Morgan fingerprint density at radius 3 is 2.68 bits per heavy atom. The number of ether oxygens (including phenoxy) is 1. The maximum absolute atomic E-state index is 12.1. The Morgan fingerprint density at radius 1 is 1.21 bits per heavy atom. The van der Waals surface area contributed by atoms with Crippen LogP contribution in [0, 0.1) is 10.1 Å². The molecule has 2 aromatic carbocycles. The Balaban J connectivity index is 1.61. The van der Waals surface area contributed by atoms with Gasteiger partial charge in [-0.2, -0.15) is 0 Å². The number of nitrogens with one attached hydrogen (secondary N) is 1. The van der Waals surface area contributed by atoms with Crippen molar-refractivity contribution in [2.24, 2.45) is 0 Å². The predicted octanol–water partition coefficient (Wildman–Crippen LogP) is 3.70. The molecule has 3 rings (SSSR count). The first kappa shape index (κ1) is 19.2. The fraction of sp³-hybridized carbons (Fsp3) is 0.105. The lowest BCUT2D eigenvalue weighted by Gasteiger charge is -2.00. The van der Waals surface area contributed by atoms with E-state index < -0.39 is 10.8 Å². The number of nitro groups is 1. The van der Waals surface area contributed by atoms with Crippen molar-refractivity contribution in [3.8, 4) is 5.75 Å². The number of nitrogens with zero attached hydrogens (tertiary/aromatic N) is 3. The van der Waals surface area contributed by atoms with E-state index in [1.165, 1.54) is 29.6 Å². The molecule has 0 saturated heterocycles. The van der Waals surface area contributed by atoms with E-state index in [1.54, 1.807) is 25.3 Å². The molecule has 8 nitrogen and oxygen atoms in total. The number of hydrogen-bond acceptors (Lipinski definition) is 7. The van der Waals surface area contributed by atoms with Crippen LogP contribution >= 0.6 is 11.3 Å². The van der Waals surface area contributed by atoms with Crippen LogP contribution in [-0.2, 0) is 11.2 Å². The number of para-hydroxylation sites is 1. The Kier molecular flexibility index (Phi) is 6.07. The first-order valence-corrected chi connectivity index (χ1v) is 9.04. The molecule has 1 heterocycles. The van der Waals surface area contributed by atoms with Gasteiger partial charge >= 0.3 is 0 Å². The second-order valence-electron chi connectivity index (χ2n) is 5.66. The summed E-state index contributed by atoms with van der Waals surface area (Å²) in [5, 5.41) is 22.8. The van der Waals surface area contributed by atoms with Gasteiger partial charge in [-0.3, -0.25) is 20.2 Å². The van der Waals surface area contributed by atoms with Gasteiger partial charge in [0.25, 0.3) is 5.69 Å². The third-order valence-corrected chi connectivity index (χ3v) is 4.60. The highest BCUT2D eigenvalue weighted by Gasteiger charge is 2.11. The monoisotopic (exact) mass is 396 g/mol. The fourth-order valence-electron chi connectivity index (χ4n) is 2.40. The summed E-state index contributed by atoms with van der Waals surface area (Å²) in [5.74, 6) is 0.338. The largest absolute Gasteiger partial charge is 0.497 e. The van der Waals surface area contributed by atoms with Gasteiger partial charge in [0.15, 0.2) is 0 Å². The molecule has 28 heavy (non-hydrogen) atoms. The van der Waals surface area contributed by atoms with Crippen molar-refractivity contribution < 1.29 is 14.5 Å². The molecule has 0 aliphatic heterocycles. The normalized spacial score (nSPS) is 10.8. The van der Waals surface area contributed by atoms with E-state index in [2.05, 4.69) is 15.5 Å². The topological polar surface area (TPSA) is 107 Å². The molecule has 3 aromatic rings. The summed E-state index contributed by atoms with van der Waals surface area (Å²) in [6.45, 7) is 0. The molecule has 0 aliphatic carbocycles. The van der Waals surface area contributed by atoms with Gasteiger partial charge in [-0.1, -0.05) is 35.6 Å². The summed E-state index contributed by atoms with van der Waals surface area (Å²) >= 11 is 1.27. The van der Waals surface area contributed by atoms with Crippen molar-refractivity contribution in [3.05, 3.63) is 80.9 Å². The highest BCUT2D eigenvalue weighted by atomic mass is 32.1. The van der Waals surface area contributed by atoms with E-state index in [0.717, 1.165) is 16.3 Å². The van der Waals surface area contributed by atoms with Gasteiger partial charge in [-0.25, -0.2) is 0 Å². The molecule has 0 spiro atoms. The molecule has 0 fully saturated rings. The highest BCUT2D eigenvalue weighted by Crippen LogP contribution is 2.21. The smallest absolute Gasteiger partial charge is 0.276 e. The summed E-state index contributed by atoms with van der Waals surface area (Å²) in [7, 11) is 1.61. The standard InChI is InChI=1S/C19H16N4O4S/c1-27-15-9-6-13(7-10-15)12-18-21-22-19(28-18)20-17(24)11-8-14-4-2-3-5-16(14)23(25)26/h2-11H,12H2,1H3,(H,20,22,24)/b11-8+. The summed E-state index contributed by atoms with van der Waals surface area (Å²) in [5.41, 5.74) is 1.33. The van der Waals surface area contributed by atoms with Crippen molar-refractivity contribution in [1.82, 2.24) is 10.2 Å². The molecule has 9 heteroatoms. The Hall–Kier alpha value is -3.59. The van der Waals surface area contributed by atoms with Crippen LogP contribution in [0.5, 0.6) is 5.75 Å². The summed E-state index contributed by atoms with van der Waals surface area (Å²) in [4.78, 5) is 22.6. The van der Waals surface area contributed by atoms with Gasteiger partial charge in [-0.05, 0) is 29.8 Å². The molecule has 0 radical (unpaired) electrons. The van der Waals surface area contributed by atoms with Gasteiger partial charge in [-0.15, -0.1) is 10.2 Å². The van der Waals surface area contributed by atoms with Gasteiger partial charge in [0.2, 0.25) is 11.0 Å². The summed E-state index contributed by atoms with van der Waals surface area (Å²) in [6, 6.07) is 13.8. The van der Waals surface area contributed by atoms with Crippen LogP contribution in [0.3, 0.4) is 0 Å². The minimum Gasteiger partial charge on any atom is -0.497 e. The van der Waals surface area contributed by atoms with E-state index in [-0.39, 0.29) is 5.69 Å². The van der Waals surface area contributed by atoms with Crippen molar-refractivity contribution in [1.29, 1.82) is 0 Å². The number of hydrogen-bond donors (Lipinski definition) is 1. The van der Waals surface area contributed by atoms with Crippen molar-refractivity contribution >= 4 is 34.1 Å². The molecule has 1 N–H and O–H groups in total. The lowest BCUT2D eigenvalue weighted by atomic mass is 10.1. The predicted molar refractivity (Wildman–Crippen MR) is 106 cm³/mol. The van der Waals surface area contributed by atoms with Crippen LogP contribution in [0.2, 0.25) is 0 Å². The number of benzene rings is 2. The Labute approximate surface area is 164 Å². The summed E-state index contributed by atoms with van der Waals surface area (Å²) in [6.07, 6.45) is 3.21. The maximum atomic E-state index is 12.1. The average Bonchev–Trinajstić information content (AvgIpc) is 3.13. The van der Waals surface area contributed by atoms with Crippen LogP contribution in [-0.4, -0.2) is 28.1 Å². The molecule has 142 valence electrons. The first-order valence-electron chi connectivity index (χ1n) is 8.23. The molecule has 0 unspecified atom stereocenters. The zero-order chi connectivity index (χ0) is 19.9. The Morgan fingerprint density at radius 2 is 1.96 bits per heavy atom. The number of aromatic nitrogens is 2. The number of carbonyl (C=O) groups is 1. The van der Waals surface area contributed by atoms with Crippen molar-refractivity contribution in [3.63, 3.8) is 0 Å². The molecule has 0 bridgehead atoms. The Bertz CT molecular complexity index is 1010. The minimum absolute atomic E-state index is 0.0655.